The summed E-state index contributed by atoms with van der Waals surface area (Å²) in [5.74, 6) is -2.06. The van der Waals surface area contributed by atoms with Crippen LogP contribution in [-0.4, -0.2) is 27.0 Å². The van der Waals surface area contributed by atoms with Crippen molar-refractivity contribution in [2.24, 2.45) is 0 Å². The normalized spacial score (nSPS) is 11.2. The molecular formula is C12H7F3N2O4. The zero-order chi connectivity index (χ0) is 15.6. The lowest BCUT2D eigenvalue weighted by atomic mass is 10.3. The lowest BCUT2D eigenvalue weighted by molar-refractivity contribution is -0.274. The van der Waals surface area contributed by atoms with Crippen LogP contribution in [-0.2, 0) is 0 Å². The number of halogens is 3. The van der Waals surface area contributed by atoms with Crippen molar-refractivity contribution >= 4 is 5.97 Å². The van der Waals surface area contributed by atoms with Crippen LogP contribution in [0.3, 0.4) is 0 Å². The van der Waals surface area contributed by atoms with Gasteiger partial charge in [0, 0.05) is 18.5 Å². The van der Waals surface area contributed by atoms with Gasteiger partial charge in [0.2, 0.25) is 5.69 Å². The summed E-state index contributed by atoms with van der Waals surface area (Å²) in [5, 5.41) is 8.80. The van der Waals surface area contributed by atoms with Gasteiger partial charge in [0.25, 0.3) is 5.56 Å². The lowest BCUT2D eigenvalue weighted by Gasteiger charge is -2.11. The van der Waals surface area contributed by atoms with Gasteiger partial charge in [0.1, 0.15) is 5.75 Å². The predicted octanol–water partition coefficient (Wildman–Crippen LogP) is 1.83. The first-order chi connectivity index (χ1) is 9.78. The molecule has 0 amide bonds. The van der Waals surface area contributed by atoms with Gasteiger partial charge in [-0.1, -0.05) is 6.07 Å². The average Bonchev–Trinajstić information content (AvgIpc) is 2.36. The number of benzene rings is 1. The van der Waals surface area contributed by atoms with Crippen LogP contribution in [0.1, 0.15) is 10.5 Å². The monoisotopic (exact) mass is 300 g/mol. The predicted molar refractivity (Wildman–Crippen MR) is 63.5 cm³/mol. The first kappa shape index (κ1) is 14.6. The number of hydrogen-bond donors (Lipinski definition) is 1. The number of carboxylic acid groups (broad SMARTS) is 1. The van der Waals surface area contributed by atoms with Gasteiger partial charge in [-0.05, 0) is 12.1 Å². The third kappa shape index (κ3) is 3.38. The molecule has 0 atom stereocenters. The molecule has 0 aliphatic carbocycles. The molecule has 0 aliphatic rings. The van der Waals surface area contributed by atoms with E-state index in [2.05, 4.69) is 9.72 Å². The van der Waals surface area contributed by atoms with Gasteiger partial charge >= 0.3 is 12.3 Å². The van der Waals surface area contributed by atoms with Crippen molar-refractivity contribution in [3.8, 4) is 11.4 Å². The Labute approximate surface area is 115 Å². The lowest BCUT2D eigenvalue weighted by Crippen LogP contribution is -2.26. The van der Waals surface area contributed by atoms with Crippen molar-refractivity contribution in [2.75, 3.05) is 0 Å². The Balaban J connectivity index is 2.48. The van der Waals surface area contributed by atoms with E-state index in [9.17, 15) is 22.8 Å². The molecular weight excluding hydrogens is 293 g/mol. The van der Waals surface area contributed by atoms with Gasteiger partial charge in [0.05, 0.1) is 5.69 Å². The molecule has 0 fully saturated rings. The minimum atomic E-state index is -4.87. The number of hydrogen-bond acceptors (Lipinski definition) is 4. The van der Waals surface area contributed by atoms with Crippen LogP contribution in [0.15, 0.2) is 41.5 Å². The van der Waals surface area contributed by atoms with E-state index in [1.54, 1.807) is 0 Å². The highest BCUT2D eigenvalue weighted by atomic mass is 19.4. The van der Waals surface area contributed by atoms with Crippen LogP contribution in [0, 0.1) is 0 Å². The molecule has 2 rings (SSSR count). The summed E-state index contributed by atoms with van der Waals surface area (Å²) in [6, 6.07) is 4.59. The van der Waals surface area contributed by atoms with E-state index >= 15 is 0 Å². The SMILES string of the molecule is O=C(O)c1nccn(-c2cccc(OC(F)(F)F)c2)c1=O. The summed E-state index contributed by atoms with van der Waals surface area (Å²) in [6.45, 7) is 0. The molecule has 1 aromatic heterocycles. The molecule has 1 aromatic carbocycles. The Hall–Kier alpha value is -2.84. The number of aromatic carboxylic acids is 1. The first-order valence-corrected chi connectivity index (χ1v) is 5.45. The van der Waals surface area contributed by atoms with Crippen molar-refractivity contribution in [2.45, 2.75) is 6.36 Å². The maximum atomic E-state index is 12.1. The van der Waals surface area contributed by atoms with Gasteiger partial charge in [-0.2, -0.15) is 0 Å². The van der Waals surface area contributed by atoms with E-state index in [0.717, 1.165) is 29.1 Å². The third-order valence-electron chi connectivity index (χ3n) is 2.37. The molecule has 110 valence electrons. The molecule has 0 saturated heterocycles. The smallest absolute Gasteiger partial charge is 0.476 e. The van der Waals surface area contributed by atoms with Crippen LogP contribution < -0.4 is 10.3 Å². The highest BCUT2D eigenvalue weighted by molar-refractivity contribution is 5.84. The van der Waals surface area contributed by atoms with Crippen molar-refractivity contribution < 1.29 is 27.8 Å². The van der Waals surface area contributed by atoms with Gasteiger partial charge in [-0.15, -0.1) is 13.2 Å². The zero-order valence-corrected chi connectivity index (χ0v) is 10.2. The molecule has 2 aromatic rings. The Morgan fingerprint density at radius 1 is 1.33 bits per heavy atom. The van der Waals surface area contributed by atoms with E-state index in [1.807, 2.05) is 0 Å². The van der Waals surface area contributed by atoms with Crippen LogP contribution in [0.2, 0.25) is 0 Å². The van der Waals surface area contributed by atoms with Gasteiger partial charge < -0.3 is 9.84 Å². The molecule has 21 heavy (non-hydrogen) atoms. The molecule has 9 heteroatoms. The van der Waals surface area contributed by atoms with Crippen LogP contribution in [0.4, 0.5) is 13.2 Å². The number of alkyl halides is 3. The van der Waals surface area contributed by atoms with E-state index < -0.39 is 29.3 Å². The van der Waals surface area contributed by atoms with Crippen LogP contribution >= 0.6 is 0 Å². The summed E-state index contributed by atoms with van der Waals surface area (Å²) in [6.07, 6.45) is -2.67. The summed E-state index contributed by atoms with van der Waals surface area (Å²) >= 11 is 0. The zero-order valence-electron chi connectivity index (χ0n) is 10.2. The highest BCUT2D eigenvalue weighted by Crippen LogP contribution is 2.24. The fraction of sp³-hybridized carbons (Fsp3) is 0.0833. The Bertz CT molecular complexity index is 740. The Morgan fingerprint density at radius 2 is 2.05 bits per heavy atom. The Kier molecular flexibility index (Phi) is 3.66. The second kappa shape index (κ2) is 5.27. The van der Waals surface area contributed by atoms with E-state index in [-0.39, 0.29) is 5.69 Å². The van der Waals surface area contributed by atoms with Crippen molar-refractivity contribution in [1.29, 1.82) is 0 Å². The molecule has 0 radical (unpaired) electrons. The van der Waals surface area contributed by atoms with Crippen molar-refractivity contribution in [1.82, 2.24) is 9.55 Å². The molecule has 0 bridgehead atoms. The maximum absolute atomic E-state index is 12.1. The first-order valence-electron chi connectivity index (χ1n) is 5.45. The minimum Gasteiger partial charge on any atom is -0.476 e. The van der Waals surface area contributed by atoms with Gasteiger partial charge in [-0.25, -0.2) is 9.78 Å². The van der Waals surface area contributed by atoms with Crippen LogP contribution in [0.25, 0.3) is 5.69 Å². The summed E-state index contributed by atoms with van der Waals surface area (Å²) in [7, 11) is 0. The van der Waals surface area contributed by atoms with Gasteiger partial charge in [-0.3, -0.25) is 9.36 Å². The molecule has 1 heterocycles. The number of carboxylic acids is 1. The Morgan fingerprint density at radius 3 is 2.67 bits per heavy atom. The number of aromatic nitrogens is 2. The van der Waals surface area contributed by atoms with Gasteiger partial charge in [0.15, 0.2) is 0 Å². The number of ether oxygens (including phenoxy) is 1. The standard InChI is InChI=1S/C12H7F3N2O4/c13-12(14,15)21-8-3-1-2-7(6-8)17-5-4-16-9(10(17)18)11(19)20/h1-6H,(H,19,20). The number of nitrogens with zero attached hydrogens (tertiary/aromatic N) is 2. The highest BCUT2D eigenvalue weighted by Gasteiger charge is 2.31. The second-order valence-corrected chi connectivity index (χ2v) is 3.80. The van der Waals surface area contributed by atoms with Crippen molar-refractivity contribution in [3.05, 3.63) is 52.7 Å². The minimum absolute atomic E-state index is 0.0200. The third-order valence-corrected chi connectivity index (χ3v) is 2.37. The molecule has 6 nitrogen and oxygen atoms in total. The quantitative estimate of drug-likeness (QED) is 0.935. The topological polar surface area (TPSA) is 81.4 Å². The summed E-state index contributed by atoms with van der Waals surface area (Å²) < 4.78 is 41.0. The average molecular weight is 300 g/mol. The fourth-order valence-electron chi connectivity index (χ4n) is 1.59. The van der Waals surface area contributed by atoms with E-state index in [0.29, 0.717) is 0 Å². The largest absolute Gasteiger partial charge is 0.573 e. The van der Waals surface area contributed by atoms with E-state index in [4.69, 9.17) is 5.11 Å². The molecule has 0 aliphatic heterocycles. The second-order valence-electron chi connectivity index (χ2n) is 3.80. The van der Waals surface area contributed by atoms with E-state index in [1.165, 1.54) is 12.1 Å². The number of carbonyl (C=O) groups is 1. The molecule has 0 saturated carbocycles. The molecule has 1 N–H and O–H groups in total. The molecule has 0 spiro atoms. The number of rotatable bonds is 3. The molecule has 0 unspecified atom stereocenters. The van der Waals surface area contributed by atoms with Crippen molar-refractivity contribution in [3.63, 3.8) is 0 Å². The summed E-state index contributed by atoms with van der Waals surface area (Å²) in [5.41, 5.74) is -1.68. The summed E-state index contributed by atoms with van der Waals surface area (Å²) in [4.78, 5) is 26.1. The maximum Gasteiger partial charge on any atom is 0.573 e. The fourth-order valence-corrected chi connectivity index (χ4v) is 1.59. The van der Waals surface area contributed by atoms with Crippen LogP contribution in [0.5, 0.6) is 5.75 Å².